The molecule has 0 unspecified atom stereocenters. The molecule has 11 heteroatoms. The topological polar surface area (TPSA) is 79.4 Å². The van der Waals surface area contributed by atoms with Gasteiger partial charge < -0.3 is 20.3 Å². The number of amides is 1. The van der Waals surface area contributed by atoms with E-state index in [1.54, 1.807) is 11.8 Å². The van der Waals surface area contributed by atoms with Crippen molar-refractivity contribution in [2.45, 2.75) is 69.4 Å². The summed E-state index contributed by atoms with van der Waals surface area (Å²) in [7, 11) is 0. The van der Waals surface area contributed by atoms with E-state index in [-0.39, 0.29) is 41.9 Å². The van der Waals surface area contributed by atoms with Crippen LogP contribution in [0.15, 0.2) is 24.3 Å². The van der Waals surface area contributed by atoms with Crippen LogP contribution in [0.4, 0.5) is 29.1 Å². The molecule has 0 bridgehead atoms. The van der Waals surface area contributed by atoms with E-state index < -0.39 is 17.9 Å². The van der Waals surface area contributed by atoms with Crippen LogP contribution in [-0.4, -0.2) is 65.3 Å². The van der Waals surface area contributed by atoms with Gasteiger partial charge in [0, 0.05) is 48.9 Å². The Morgan fingerprint density at radius 3 is 2.54 bits per heavy atom. The van der Waals surface area contributed by atoms with Crippen LogP contribution in [0, 0.1) is 6.92 Å². The molecule has 1 amide bonds. The number of ether oxygens (including phenoxy) is 1. The van der Waals surface area contributed by atoms with E-state index in [9.17, 15) is 22.4 Å². The van der Waals surface area contributed by atoms with Gasteiger partial charge in [0.25, 0.3) is 5.91 Å². The molecule has 3 aliphatic rings. The maximum Gasteiger partial charge on any atom is 0.416 e. The fourth-order valence-corrected chi connectivity index (χ4v) is 4.89. The van der Waals surface area contributed by atoms with Crippen LogP contribution in [-0.2, 0) is 10.9 Å². The summed E-state index contributed by atoms with van der Waals surface area (Å²) in [5.41, 5.74) is 0.239. The third-order valence-electron chi connectivity index (χ3n) is 7.28. The first-order valence-corrected chi connectivity index (χ1v) is 12.8. The number of aromatic nitrogens is 2. The standard InChI is InChI=1S/C26H31F4N5O2/c1-15-22(25(36)35-10-7-18(8-11-35)31-21-9-12-37-14-20(21)27)33-24(16-5-6-16)34-23(15)32-19-4-2-3-17(13-19)26(28,29)30/h2-4,13,16,18,20-21,31H,5-12,14H2,1H3,(H,32,33,34)/t20-,21+/m1/s1. The summed E-state index contributed by atoms with van der Waals surface area (Å²) in [6.45, 7) is 3.38. The fraction of sp³-hybridized carbons (Fsp3) is 0.577. The highest BCUT2D eigenvalue weighted by Crippen LogP contribution is 2.39. The number of benzene rings is 1. The van der Waals surface area contributed by atoms with Crippen LogP contribution in [0.25, 0.3) is 0 Å². The Morgan fingerprint density at radius 1 is 1.11 bits per heavy atom. The lowest BCUT2D eigenvalue weighted by atomic mass is 10.00. The molecule has 1 aliphatic carbocycles. The third kappa shape index (κ3) is 6.04. The molecular formula is C26H31F4N5O2. The quantitative estimate of drug-likeness (QED) is 0.535. The van der Waals surface area contributed by atoms with Crippen molar-refractivity contribution in [3.8, 4) is 0 Å². The summed E-state index contributed by atoms with van der Waals surface area (Å²) in [6, 6.07) is 4.80. The van der Waals surface area contributed by atoms with Gasteiger partial charge in [-0.05, 0) is 57.2 Å². The second-order valence-electron chi connectivity index (χ2n) is 10.1. The van der Waals surface area contributed by atoms with Crippen molar-refractivity contribution in [2.75, 3.05) is 31.6 Å². The number of anilines is 2. The number of carbonyl (C=O) groups is 1. The first-order chi connectivity index (χ1) is 17.7. The van der Waals surface area contributed by atoms with Crippen LogP contribution < -0.4 is 10.6 Å². The van der Waals surface area contributed by atoms with Crippen molar-refractivity contribution in [1.82, 2.24) is 20.2 Å². The molecule has 1 aromatic heterocycles. The Balaban J connectivity index is 1.31. The Labute approximate surface area is 213 Å². The van der Waals surface area contributed by atoms with Gasteiger partial charge in [-0.2, -0.15) is 13.2 Å². The summed E-state index contributed by atoms with van der Waals surface area (Å²) < 4.78 is 58.9. The van der Waals surface area contributed by atoms with Crippen molar-refractivity contribution in [2.24, 2.45) is 0 Å². The van der Waals surface area contributed by atoms with Gasteiger partial charge in [-0.25, -0.2) is 14.4 Å². The molecule has 0 spiro atoms. The third-order valence-corrected chi connectivity index (χ3v) is 7.28. The zero-order chi connectivity index (χ0) is 26.2. The maximum absolute atomic E-state index is 14.1. The van der Waals surface area contributed by atoms with E-state index in [1.807, 2.05) is 0 Å². The molecule has 2 aromatic rings. The number of hydrogen-bond donors (Lipinski definition) is 2. The van der Waals surface area contributed by atoms with Gasteiger partial charge in [0.2, 0.25) is 0 Å². The van der Waals surface area contributed by atoms with E-state index in [4.69, 9.17) is 4.74 Å². The predicted octanol–water partition coefficient (Wildman–Crippen LogP) is 4.75. The van der Waals surface area contributed by atoms with Crippen LogP contribution in [0.5, 0.6) is 0 Å². The summed E-state index contributed by atoms with van der Waals surface area (Å²) in [5.74, 6) is 0.803. The van der Waals surface area contributed by atoms with Crippen LogP contribution >= 0.6 is 0 Å². The predicted molar refractivity (Wildman–Crippen MR) is 130 cm³/mol. The highest BCUT2D eigenvalue weighted by atomic mass is 19.4. The first-order valence-electron chi connectivity index (χ1n) is 12.8. The summed E-state index contributed by atoms with van der Waals surface area (Å²) in [4.78, 5) is 24.4. The molecule has 7 nitrogen and oxygen atoms in total. The molecule has 2 N–H and O–H groups in total. The molecule has 0 radical (unpaired) electrons. The molecule has 1 aromatic carbocycles. The Hall–Kier alpha value is -2.79. The Kier molecular flexibility index (Phi) is 7.35. The molecule has 200 valence electrons. The van der Waals surface area contributed by atoms with Gasteiger partial charge in [0.15, 0.2) is 0 Å². The van der Waals surface area contributed by atoms with Crippen molar-refractivity contribution in [3.63, 3.8) is 0 Å². The van der Waals surface area contributed by atoms with Gasteiger partial charge in [-0.3, -0.25) is 4.79 Å². The number of nitrogens with one attached hydrogen (secondary N) is 2. The zero-order valence-corrected chi connectivity index (χ0v) is 20.7. The summed E-state index contributed by atoms with van der Waals surface area (Å²) in [6.07, 6.45) is -1.63. The van der Waals surface area contributed by atoms with E-state index in [0.29, 0.717) is 56.2 Å². The number of carbonyl (C=O) groups excluding carboxylic acids is 1. The van der Waals surface area contributed by atoms with Crippen LogP contribution in [0.1, 0.15) is 65.5 Å². The lowest BCUT2D eigenvalue weighted by Crippen LogP contribution is -2.52. The monoisotopic (exact) mass is 521 g/mol. The number of likely N-dealkylation sites (tertiary alicyclic amines) is 1. The molecule has 2 aliphatic heterocycles. The molecule has 37 heavy (non-hydrogen) atoms. The molecule has 2 saturated heterocycles. The second-order valence-corrected chi connectivity index (χ2v) is 10.1. The minimum atomic E-state index is -4.46. The summed E-state index contributed by atoms with van der Waals surface area (Å²) >= 11 is 0. The number of hydrogen-bond acceptors (Lipinski definition) is 6. The van der Waals surface area contributed by atoms with Crippen LogP contribution in [0.2, 0.25) is 0 Å². The molecule has 5 rings (SSSR count). The normalized spacial score (nSPS) is 23.2. The minimum Gasteiger partial charge on any atom is -0.378 e. The Morgan fingerprint density at radius 2 is 1.86 bits per heavy atom. The van der Waals surface area contributed by atoms with Gasteiger partial charge in [0.05, 0.1) is 12.2 Å². The molecule has 3 fully saturated rings. The number of piperidine rings is 1. The smallest absolute Gasteiger partial charge is 0.378 e. The van der Waals surface area contributed by atoms with Gasteiger partial charge in [-0.1, -0.05) is 6.07 Å². The fourth-order valence-electron chi connectivity index (χ4n) is 4.89. The first kappa shape index (κ1) is 25.8. The highest BCUT2D eigenvalue weighted by Gasteiger charge is 2.34. The molecule has 3 heterocycles. The van der Waals surface area contributed by atoms with E-state index in [2.05, 4.69) is 20.6 Å². The van der Waals surface area contributed by atoms with Gasteiger partial charge in [-0.15, -0.1) is 0 Å². The number of halogens is 4. The SMILES string of the molecule is Cc1c(Nc2cccc(C(F)(F)F)c2)nc(C2CC2)nc1C(=O)N1CCC(N[C@H]2CCOC[C@H]2F)CC1. The minimum absolute atomic E-state index is 0.113. The molecular weight excluding hydrogens is 490 g/mol. The van der Waals surface area contributed by atoms with Crippen molar-refractivity contribution in [1.29, 1.82) is 0 Å². The maximum atomic E-state index is 14.1. The second kappa shape index (κ2) is 10.5. The van der Waals surface area contributed by atoms with E-state index >= 15 is 0 Å². The highest BCUT2D eigenvalue weighted by molar-refractivity contribution is 5.95. The number of nitrogens with zero attached hydrogens (tertiary/aromatic N) is 3. The lowest BCUT2D eigenvalue weighted by molar-refractivity contribution is -0.137. The number of rotatable bonds is 6. The largest absolute Gasteiger partial charge is 0.416 e. The van der Waals surface area contributed by atoms with Gasteiger partial charge >= 0.3 is 6.18 Å². The number of alkyl halides is 4. The van der Waals surface area contributed by atoms with Crippen LogP contribution in [0.3, 0.4) is 0 Å². The van der Waals surface area contributed by atoms with E-state index in [0.717, 1.165) is 25.0 Å². The van der Waals surface area contributed by atoms with E-state index in [1.165, 1.54) is 12.1 Å². The average molecular weight is 522 g/mol. The average Bonchev–Trinajstić information content (AvgIpc) is 3.72. The van der Waals surface area contributed by atoms with Crippen molar-refractivity contribution < 1.29 is 27.1 Å². The molecule has 2 atom stereocenters. The molecule has 1 saturated carbocycles. The zero-order valence-electron chi connectivity index (χ0n) is 20.7. The summed E-state index contributed by atoms with van der Waals surface area (Å²) in [5, 5.41) is 6.38. The lowest BCUT2D eigenvalue weighted by Gasteiger charge is -2.36. The van der Waals surface area contributed by atoms with Crippen molar-refractivity contribution >= 4 is 17.4 Å². The van der Waals surface area contributed by atoms with Crippen molar-refractivity contribution in [3.05, 3.63) is 46.9 Å². The van der Waals surface area contributed by atoms with Gasteiger partial charge in [0.1, 0.15) is 23.5 Å². The Bertz CT molecular complexity index is 1130.